The monoisotopic (exact) mass is 560 g/mol. The fraction of sp³-hybridized carbons (Fsp3) is 0.281. The van der Waals surface area contributed by atoms with E-state index in [0.29, 0.717) is 0 Å². The lowest BCUT2D eigenvalue weighted by Gasteiger charge is -2.10. The molecule has 6 aromatic rings. The summed E-state index contributed by atoms with van der Waals surface area (Å²) in [5, 5.41) is 25.3. The quantitative estimate of drug-likeness (QED) is 0.212. The van der Waals surface area contributed by atoms with E-state index in [-0.39, 0.29) is 11.8 Å². The van der Waals surface area contributed by atoms with Gasteiger partial charge in [-0.25, -0.2) is 9.97 Å². The van der Waals surface area contributed by atoms with Crippen molar-refractivity contribution in [3.8, 4) is 0 Å². The Morgan fingerprint density at radius 3 is 2.00 bits per heavy atom. The first-order chi connectivity index (χ1) is 20.4. The number of para-hydroxylation sites is 2. The zero-order valence-corrected chi connectivity index (χ0v) is 24.6. The normalized spacial score (nSPS) is 14.1. The van der Waals surface area contributed by atoms with Crippen LogP contribution in [0.5, 0.6) is 0 Å². The lowest BCUT2D eigenvalue weighted by atomic mass is 10.1. The highest BCUT2D eigenvalue weighted by Crippen LogP contribution is 2.21. The molecule has 10 nitrogen and oxygen atoms in total. The standard InChI is InChI=1S/C32H36N10/c1-20(16-27-23(4)37-41-31(27)35-29(39-41)21(2)18-33-25-12-8-6-9-13-25)17-28-24(5)38-42-32(28)36-30(40-42)22(3)19-34-26-14-10-7-11-15-26/h6-17,21-22,33-34,37H,18-19H2,1-5H3/b20-16+,28-17-. The summed E-state index contributed by atoms with van der Waals surface area (Å²) in [7, 11) is 0. The minimum atomic E-state index is 0.125. The number of hydrogen-bond acceptors (Lipinski definition) is 7. The second kappa shape index (κ2) is 11.5. The first-order valence-corrected chi connectivity index (χ1v) is 14.3. The number of allylic oxidation sites excluding steroid dienone is 1. The van der Waals surface area contributed by atoms with Crippen LogP contribution >= 0.6 is 0 Å². The van der Waals surface area contributed by atoms with E-state index in [1.54, 1.807) is 9.26 Å². The molecule has 0 bridgehead atoms. The van der Waals surface area contributed by atoms with Gasteiger partial charge < -0.3 is 10.6 Å². The van der Waals surface area contributed by atoms with Gasteiger partial charge in [0.15, 0.2) is 22.9 Å². The van der Waals surface area contributed by atoms with Gasteiger partial charge in [-0.1, -0.05) is 50.2 Å². The number of nitrogens with zero attached hydrogens (tertiary/aromatic N) is 7. The van der Waals surface area contributed by atoms with Crippen molar-refractivity contribution in [1.29, 1.82) is 0 Å². The van der Waals surface area contributed by atoms with E-state index < -0.39 is 0 Å². The van der Waals surface area contributed by atoms with E-state index >= 15 is 0 Å². The maximum Gasteiger partial charge on any atom is 0.185 e. The van der Waals surface area contributed by atoms with Crippen LogP contribution in [0.1, 0.15) is 61.2 Å². The fourth-order valence-electron chi connectivity index (χ4n) is 4.98. The number of aromatic nitrogens is 8. The molecule has 2 aromatic carbocycles. The predicted octanol–water partition coefficient (Wildman–Crippen LogP) is 5.15. The van der Waals surface area contributed by atoms with Crippen molar-refractivity contribution in [1.82, 2.24) is 39.6 Å². The van der Waals surface area contributed by atoms with E-state index in [2.05, 4.69) is 83.1 Å². The average Bonchev–Trinajstić information content (AvgIpc) is 3.74. The molecule has 2 atom stereocenters. The van der Waals surface area contributed by atoms with Crippen LogP contribution in [0.3, 0.4) is 0 Å². The number of benzene rings is 2. The Labute approximate surface area is 244 Å². The smallest absolute Gasteiger partial charge is 0.185 e. The number of aryl methyl sites for hydroxylation is 2. The number of anilines is 2. The number of hydrogen-bond donors (Lipinski definition) is 3. The van der Waals surface area contributed by atoms with E-state index in [1.165, 1.54) is 0 Å². The van der Waals surface area contributed by atoms with Gasteiger partial charge in [0, 0.05) is 52.8 Å². The van der Waals surface area contributed by atoms with Gasteiger partial charge in [0.1, 0.15) is 0 Å². The van der Waals surface area contributed by atoms with Crippen LogP contribution in [0.25, 0.3) is 23.4 Å². The summed E-state index contributed by atoms with van der Waals surface area (Å²) in [5.74, 6) is 1.83. The molecule has 10 heteroatoms. The van der Waals surface area contributed by atoms with Crippen molar-refractivity contribution in [2.24, 2.45) is 0 Å². The topological polar surface area (TPSA) is 113 Å². The molecule has 0 radical (unpaired) electrons. The van der Waals surface area contributed by atoms with Gasteiger partial charge in [0.25, 0.3) is 0 Å². The SMILES string of the molecule is CC(/C=c1/c(C)nn2nc(C(C)CNc3ccccc3)nc12)=C\c1c(C)[nH]n2nc(C(C)CNc3ccccc3)nc12. The number of fused-ring (bicyclic) bond motifs is 2. The van der Waals surface area contributed by atoms with E-state index in [0.717, 1.165) is 75.2 Å². The molecule has 6 rings (SSSR count). The summed E-state index contributed by atoms with van der Waals surface area (Å²) in [5.41, 5.74) is 7.72. The molecule has 2 unspecified atom stereocenters. The Balaban J connectivity index is 1.23. The third kappa shape index (κ3) is 5.60. The van der Waals surface area contributed by atoms with Gasteiger partial charge in [0.2, 0.25) is 0 Å². The minimum Gasteiger partial charge on any atom is -0.384 e. The largest absolute Gasteiger partial charge is 0.384 e. The number of nitrogens with one attached hydrogen (secondary N) is 3. The molecule has 0 aliphatic heterocycles. The van der Waals surface area contributed by atoms with Crippen molar-refractivity contribution >= 4 is 34.8 Å². The Morgan fingerprint density at radius 1 is 0.810 bits per heavy atom. The second-order valence-corrected chi connectivity index (χ2v) is 11.0. The Morgan fingerprint density at radius 2 is 1.38 bits per heavy atom. The predicted molar refractivity (Wildman–Crippen MR) is 168 cm³/mol. The van der Waals surface area contributed by atoms with Crippen molar-refractivity contribution in [3.05, 3.63) is 100 Å². The Kier molecular flexibility index (Phi) is 7.43. The van der Waals surface area contributed by atoms with Gasteiger partial charge in [-0.15, -0.1) is 14.8 Å². The summed E-state index contributed by atoms with van der Waals surface area (Å²) in [6.07, 6.45) is 4.26. The molecule has 3 N–H and O–H groups in total. The molecule has 42 heavy (non-hydrogen) atoms. The van der Waals surface area contributed by atoms with Gasteiger partial charge >= 0.3 is 0 Å². The maximum absolute atomic E-state index is 4.90. The highest BCUT2D eigenvalue weighted by Gasteiger charge is 2.18. The molecule has 0 spiro atoms. The zero-order chi connectivity index (χ0) is 29.2. The van der Waals surface area contributed by atoms with Crippen LogP contribution in [0.2, 0.25) is 0 Å². The highest BCUT2D eigenvalue weighted by atomic mass is 15.5. The molecular weight excluding hydrogens is 524 g/mol. The van der Waals surface area contributed by atoms with Gasteiger partial charge in [-0.3, -0.25) is 5.10 Å². The van der Waals surface area contributed by atoms with Crippen LogP contribution < -0.4 is 15.9 Å². The summed E-state index contributed by atoms with van der Waals surface area (Å²) < 4.78 is 3.42. The molecule has 4 heterocycles. The highest BCUT2D eigenvalue weighted by molar-refractivity contribution is 5.74. The summed E-state index contributed by atoms with van der Waals surface area (Å²) in [6, 6.07) is 20.4. The average molecular weight is 561 g/mol. The number of aromatic amines is 1. The third-order valence-corrected chi connectivity index (χ3v) is 7.42. The zero-order valence-electron chi connectivity index (χ0n) is 24.6. The van der Waals surface area contributed by atoms with Crippen LogP contribution in [0, 0.1) is 13.8 Å². The van der Waals surface area contributed by atoms with Gasteiger partial charge in [-0.2, -0.15) is 9.73 Å². The molecule has 4 aromatic heterocycles. The molecule has 0 amide bonds. The molecule has 0 fully saturated rings. The molecule has 0 aliphatic carbocycles. The van der Waals surface area contributed by atoms with E-state index in [1.807, 2.05) is 50.2 Å². The van der Waals surface area contributed by atoms with Crippen molar-refractivity contribution in [3.63, 3.8) is 0 Å². The molecule has 214 valence electrons. The van der Waals surface area contributed by atoms with Crippen molar-refractivity contribution in [2.75, 3.05) is 23.7 Å². The minimum absolute atomic E-state index is 0.125. The van der Waals surface area contributed by atoms with Crippen LogP contribution in [-0.2, 0) is 0 Å². The van der Waals surface area contributed by atoms with Gasteiger partial charge in [-0.05, 0) is 62.8 Å². The first kappa shape index (κ1) is 27.2. The summed E-state index contributed by atoms with van der Waals surface area (Å²) >= 11 is 0. The second-order valence-electron chi connectivity index (χ2n) is 11.0. The molecular formula is C32H36N10. The van der Waals surface area contributed by atoms with Crippen molar-refractivity contribution in [2.45, 2.75) is 46.5 Å². The van der Waals surface area contributed by atoms with Crippen LogP contribution in [0.15, 0.2) is 66.2 Å². The number of H-pyrrole nitrogens is 1. The lowest BCUT2D eigenvalue weighted by molar-refractivity contribution is 0.702. The number of rotatable bonds is 10. The Hall–Kier alpha value is -4.99. The summed E-state index contributed by atoms with van der Waals surface area (Å²) in [6.45, 7) is 11.8. The van der Waals surface area contributed by atoms with Gasteiger partial charge in [0.05, 0.1) is 5.69 Å². The van der Waals surface area contributed by atoms with Crippen molar-refractivity contribution < 1.29 is 0 Å². The van der Waals surface area contributed by atoms with Crippen LogP contribution in [-0.4, -0.2) is 52.7 Å². The van der Waals surface area contributed by atoms with E-state index in [9.17, 15) is 0 Å². The third-order valence-electron chi connectivity index (χ3n) is 7.42. The van der Waals surface area contributed by atoms with Crippen LogP contribution in [0.4, 0.5) is 11.4 Å². The lowest BCUT2D eigenvalue weighted by Crippen LogP contribution is -2.12. The van der Waals surface area contributed by atoms with E-state index in [4.69, 9.17) is 15.1 Å². The molecule has 0 saturated carbocycles. The molecule has 0 aliphatic rings. The molecule has 0 saturated heterocycles. The maximum atomic E-state index is 4.90. The first-order valence-electron chi connectivity index (χ1n) is 14.3. The Bertz CT molecular complexity index is 1900. The fourth-order valence-corrected chi connectivity index (χ4v) is 4.98. The summed E-state index contributed by atoms with van der Waals surface area (Å²) in [4.78, 5) is 9.78.